The van der Waals surface area contributed by atoms with Crippen molar-refractivity contribution in [3.63, 3.8) is 0 Å². The zero-order chi connectivity index (χ0) is 17.1. The topological polar surface area (TPSA) is 72.7 Å². The highest BCUT2D eigenvalue weighted by molar-refractivity contribution is 7.98. The Kier molecular flexibility index (Phi) is 5.40. The Balaban J connectivity index is 2.46. The van der Waals surface area contributed by atoms with Crippen LogP contribution in [0.15, 0.2) is 17.0 Å². The van der Waals surface area contributed by atoms with E-state index in [0.717, 1.165) is 11.0 Å². The summed E-state index contributed by atoms with van der Waals surface area (Å²) in [5.41, 5.74) is -0.628. The van der Waals surface area contributed by atoms with Crippen molar-refractivity contribution >= 4 is 23.4 Å². The molecule has 1 amide bonds. The fraction of sp³-hybridized carbons (Fsp3) is 0.500. The molecule has 0 aromatic heterocycles. The van der Waals surface area contributed by atoms with Crippen LogP contribution in [0.3, 0.4) is 0 Å². The lowest BCUT2D eigenvalue weighted by molar-refractivity contribution is -0.385. The van der Waals surface area contributed by atoms with Gasteiger partial charge in [0.05, 0.1) is 29.5 Å². The Labute approximate surface area is 135 Å². The summed E-state index contributed by atoms with van der Waals surface area (Å²) in [5, 5.41) is 11.2. The predicted octanol–water partition coefficient (Wildman–Crippen LogP) is 3.20. The third-order valence-electron chi connectivity index (χ3n) is 3.51. The number of methoxy groups -OCH3 is 1. The summed E-state index contributed by atoms with van der Waals surface area (Å²) in [6.45, 7) is -0.721. The van der Waals surface area contributed by atoms with Crippen LogP contribution in [0.4, 0.5) is 14.5 Å². The van der Waals surface area contributed by atoms with Gasteiger partial charge in [-0.2, -0.15) is 0 Å². The van der Waals surface area contributed by atoms with Crippen LogP contribution < -0.4 is 4.74 Å². The maximum Gasteiger partial charge on any atom is 0.285 e. The molecule has 1 aromatic rings. The van der Waals surface area contributed by atoms with Crippen molar-refractivity contribution in [2.75, 3.05) is 19.9 Å². The second-order valence-electron chi connectivity index (χ2n) is 5.06. The molecule has 0 spiro atoms. The first-order valence-electron chi connectivity index (χ1n) is 6.88. The van der Waals surface area contributed by atoms with E-state index in [9.17, 15) is 23.7 Å². The molecule has 0 radical (unpaired) electrons. The van der Waals surface area contributed by atoms with Gasteiger partial charge in [-0.15, -0.1) is 11.8 Å². The number of halogens is 2. The normalized spacial score (nSPS) is 14.0. The van der Waals surface area contributed by atoms with Crippen molar-refractivity contribution in [2.45, 2.75) is 30.2 Å². The van der Waals surface area contributed by atoms with E-state index in [2.05, 4.69) is 0 Å². The molecule has 0 aliphatic heterocycles. The Morgan fingerprint density at radius 3 is 2.61 bits per heavy atom. The van der Waals surface area contributed by atoms with Crippen molar-refractivity contribution in [1.82, 2.24) is 4.90 Å². The highest BCUT2D eigenvalue weighted by Gasteiger charge is 2.37. The van der Waals surface area contributed by atoms with Gasteiger partial charge in [0, 0.05) is 6.04 Å². The maximum atomic E-state index is 12.7. The number of nitrogens with zero attached hydrogens (tertiary/aromatic N) is 2. The van der Waals surface area contributed by atoms with Crippen molar-refractivity contribution in [2.24, 2.45) is 0 Å². The number of carbonyl (C=O) groups is 1. The number of nitro groups is 1. The number of carbonyl (C=O) groups excluding carboxylic acids is 1. The monoisotopic (exact) mass is 346 g/mol. The van der Waals surface area contributed by atoms with Gasteiger partial charge in [-0.25, -0.2) is 8.78 Å². The Bertz CT molecular complexity index is 623. The summed E-state index contributed by atoms with van der Waals surface area (Å²) in [7, 11) is 1.37. The third-order valence-corrected chi connectivity index (χ3v) is 4.27. The molecule has 0 atom stereocenters. The van der Waals surface area contributed by atoms with Gasteiger partial charge in [0.1, 0.15) is 11.3 Å². The van der Waals surface area contributed by atoms with E-state index in [1.165, 1.54) is 24.9 Å². The molecule has 126 valence electrons. The van der Waals surface area contributed by atoms with Crippen molar-refractivity contribution in [3.8, 4) is 5.75 Å². The van der Waals surface area contributed by atoms with E-state index in [4.69, 9.17) is 4.74 Å². The second-order valence-corrected chi connectivity index (χ2v) is 5.91. The second kappa shape index (κ2) is 7.12. The van der Waals surface area contributed by atoms with E-state index in [1.54, 1.807) is 6.26 Å². The van der Waals surface area contributed by atoms with Crippen LogP contribution in [0, 0.1) is 10.1 Å². The first-order chi connectivity index (χ1) is 10.9. The van der Waals surface area contributed by atoms with Gasteiger partial charge in [0.25, 0.3) is 18.0 Å². The number of benzene rings is 1. The third kappa shape index (κ3) is 3.90. The molecule has 1 aliphatic carbocycles. The lowest BCUT2D eigenvalue weighted by Crippen LogP contribution is -2.37. The van der Waals surface area contributed by atoms with Crippen LogP contribution in [0.5, 0.6) is 5.75 Å². The standard InChI is InChI=1S/C14H16F2N2O4S/c1-22-11-6-10(18(20)21)9(5-12(11)23-2)14(19)17(7-13(15)16)8-3-4-8/h5-6,8,13H,3-4,7H2,1-2H3. The van der Waals surface area contributed by atoms with Crippen LogP contribution in [0.1, 0.15) is 23.2 Å². The van der Waals surface area contributed by atoms with E-state index < -0.39 is 29.5 Å². The molecule has 0 bridgehead atoms. The SMILES string of the molecule is COc1cc([N+](=O)[O-])c(C(=O)N(CC(F)F)C2CC2)cc1SC. The molecular formula is C14H16F2N2O4S. The summed E-state index contributed by atoms with van der Waals surface area (Å²) in [4.78, 5) is 24.7. The van der Waals surface area contributed by atoms with E-state index >= 15 is 0 Å². The number of nitro benzene ring substituents is 1. The van der Waals surface area contributed by atoms with E-state index in [1.807, 2.05) is 0 Å². The van der Waals surface area contributed by atoms with Gasteiger partial charge in [0.2, 0.25) is 0 Å². The minimum Gasteiger partial charge on any atom is -0.495 e. The number of ether oxygens (including phenoxy) is 1. The average Bonchev–Trinajstić information content (AvgIpc) is 3.34. The first kappa shape index (κ1) is 17.5. The number of thioether (sulfide) groups is 1. The molecule has 1 saturated carbocycles. The van der Waals surface area contributed by atoms with Crippen molar-refractivity contribution in [3.05, 3.63) is 27.8 Å². The molecule has 1 fully saturated rings. The lowest BCUT2D eigenvalue weighted by atomic mass is 10.1. The Hall–Kier alpha value is -1.90. The fourth-order valence-electron chi connectivity index (χ4n) is 2.28. The molecule has 23 heavy (non-hydrogen) atoms. The van der Waals surface area contributed by atoms with Gasteiger partial charge in [0.15, 0.2) is 0 Å². The molecule has 9 heteroatoms. The summed E-state index contributed by atoms with van der Waals surface area (Å²) in [6, 6.07) is 2.23. The van der Waals surface area contributed by atoms with Crippen molar-refractivity contribution in [1.29, 1.82) is 0 Å². The van der Waals surface area contributed by atoms with Crippen LogP contribution in [-0.2, 0) is 0 Å². The van der Waals surface area contributed by atoms with Gasteiger partial charge in [-0.1, -0.05) is 0 Å². The largest absolute Gasteiger partial charge is 0.495 e. The molecule has 6 nitrogen and oxygen atoms in total. The zero-order valence-electron chi connectivity index (χ0n) is 12.6. The first-order valence-corrected chi connectivity index (χ1v) is 8.11. The molecule has 0 unspecified atom stereocenters. The quantitative estimate of drug-likeness (QED) is 0.431. The molecule has 0 N–H and O–H groups in total. The molecule has 0 heterocycles. The Morgan fingerprint density at radius 2 is 2.17 bits per heavy atom. The van der Waals surface area contributed by atoms with Crippen LogP contribution in [0.25, 0.3) is 0 Å². The summed E-state index contributed by atoms with van der Waals surface area (Å²) >= 11 is 1.26. The number of rotatable bonds is 7. The summed E-state index contributed by atoms with van der Waals surface area (Å²) in [6.07, 6.45) is 0.322. The molecule has 1 aliphatic rings. The van der Waals surface area contributed by atoms with Gasteiger partial charge >= 0.3 is 0 Å². The highest BCUT2D eigenvalue weighted by atomic mass is 32.2. The number of alkyl halides is 2. The van der Waals surface area contributed by atoms with E-state index in [0.29, 0.717) is 17.7 Å². The maximum absolute atomic E-state index is 12.7. The molecular weight excluding hydrogens is 330 g/mol. The summed E-state index contributed by atoms with van der Waals surface area (Å²) in [5.74, 6) is -0.468. The van der Waals surface area contributed by atoms with E-state index in [-0.39, 0.29) is 17.4 Å². The van der Waals surface area contributed by atoms with Gasteiger partial charge in [-0.05, 0) is 25.2 Å². The number of hydrogen-bond acceptors (Lipinski definition) is 5. The van der Waals surface area contributed by atoms with Gasteiger partial charge in [-0.3, -0.25) is 14.9 Å². The molecule has 2 rings (SSSR count). The smallest absolute Gasteiger partial charge is 0.285 e. The lowest BCUT2D eigenvalue weighted by Gasteiger charge is -2.22. The number of hydrogen-bond donors (Lipinski definition) is 0. The summed E-state index contributed by atoms with van der Waals surface area (Å²) < 4.78 is 30.5. The van der Waals surface area contributed by atoms with Crippen LogP contribution in [0.2, 0.25) is 0 Å². The Morgan fingerprint density at radius 1 is 1.52 bits per heavy atom. The number of amides is 1. The minimum atomic E-state index is -2.68. The van der Waals surface area contributed by atoms with Crippen LogP contribution >= 0.6 is 11.8 Å². The molecule has 0 saturated heterocycles. The minimum absolute atomic E-state index is 0.187. The average molecular weight is 346 g/mol. The molecule has 1 aromatic carbocycles. The zero-order valence-corrected chi connectivity index (χ0v) is 13.4. The van der Waals surface area contributed by atoms with Crippen molar-refractivity contribution < 1.29 is 23.2 Å². The van der Waals surface area contributed by atoms with Crippen LogP contribution in [-0.4, -0.2) is 48.1 Å². The fourth-order valence-corrected chi connectivity index (χ4v) is 2.86. The highest BCUT2D eigenvalue weighted by Crippen LogP contribution is 2.37. The van der Waals surface area contributed by atoms with Gasteiger partial charge < -0.3 is 9.64 Å². The predicted molar refractivity (Wildman–Crippen MR) is 81.5 cm³/mol.